The van der Waals surface area contributed by atoms with E-state index >= 15 is 0 Å². The Hall–Kier alpha value is -2.12. The molecule has 29 heavy (non-hydrogen) atoms. The first-order valence-corrected chi connectivity index (χ1v) is 11.0. The summed E-state index contributed by atoms with van der Waals surface area (Å²) >= 11 is 0. The van der Waals surface area contributed by atoms with Crippen LogP contribution in [-0.4, -0.2) is 62.3 Å². The van der Waals surface area contributed by atoms with E-state index in [1.165, 1.54) is 25.8 Å². The van der Waals surface area contributed by atoms with Crippen molar-refractivity contribution in [3.63, 3.8) is 0 Å². The highest BCUT2D eigenvalue weighted by Crippen LogP contribution is 2.33. The molecule has 0 radical (unpaired) electrons. The Morgan fingerprint density at radius 1 is 1.07 bits per heavy atom. The second kappa shape index (κ2) is 8.32. The molecular formula is C22H34N4O3+2. The number of quaternary nitrogens is 2. The third-order valence-electron chi connectivity index (χ3n) is 6.88. The molecule has 7 heteroatoms. The fourth-order valence-electron chi connectivity index (χ4n) is 5.14. The van der Waals surface area contributed by atoms with Gasteiger partial charge in [-0.25, -0.2) is 9.69 Å². The molecule has 4 rings (SSSR count). The number of hydrogen-bond acceptors (Lipinski definition) is 3. The van der Waals surface area contributed by atoms with Gasteiger partial charge >= 0.3 is 6.03 Å². The number of amides is 3. The number of aryl methyl sites for hydroxylation is 1. The maximum Gasteiger partial charge on any atom is 0.329 e. The summed E-state index contributed by atoms with van der Waals surface area (Å²) in [6.07, 6.45) is 4.79. The van der Waals surface area contributed by atoms with Crippen molar-refractivity contribution in [1.82, 2.24) is 10.2 Å². The van der Waals surface area contributed by atoms with Crippen LogP contribution in [0.1, 0.15) is 43.2 Å². The number of nitrogens with one attached hydrogen (secondary N) is 3. The first-order chi connectivity index (χ1) is 14.0. The van der Waals surface area contributed by atoms with Crippen LogP contribution < -0.4 is 19.9 Å². The van der Waals surface area contributed by atoms with Crippen LogP contribution in [0.15, 0.2) is 18.2 Å². The van der Waals surface area contributed by atoms with Crippen LogP contribution in [-0.2, 0) is 11.3 Å². The molecule has 2 saturated heterocycles. The number of carbonyl (C=O) groups is 2. The minimum Gasteiger partial charge on any atom is -0.496 e. The molecule has 158 valence electrons. The van der Waals surface area contributed by atoms with Gasteiger partial charge in [0.2, 0.25) is 0 Å². The van der Waals surface area contributed by atoms with E-state index in [0.29, 0.717) is 6.67 Å². The molecule has 1 aromatic carbocycles. The highest BCUT2D eigenvalue weighted by molar-refractivity contribution is 6.06. The molecule has 0 atom stereocenters. The zero-order chi connectivity index (χ0) is 20.4. The molecule has 2 heterocycles. The van der Waals surface area contributed by atoms with Crippen molar-refractivity contribution in [3.8, 4) is 5.75 Å². The topological polar surface area (TPSA) is 67.5 Å². The summed E-state index contributed by atoms with van der Waals surface area (Å²) in [5.41, 5.74) is 1.89. The fourth-order valence-corrected chi connectivity index (χ4v) is 5.14. The monoisotopic (exact) mass is 402 g/mol. The van der Waals surface area contributed by atoms with Gasteiger partial charge in [0.15, 0.2) is 6.67 Å². The number of benzene rings is 1. The summed E-state index contributed by atoms with van der Waals surface area (Å²) in [5.74, 6) is 0.962. The maximum absolute atomic E-state index is 13.0. The molecule has 7 nitrogen and oxygen atoms in total. The van der Waals surface area contributed by atoms with E-state index in [1.54, 1.807) is 7.11 Å². The third kappa shape index (κ3) is 4.12. The SMILES string of the molecule is COc1ccc(C)cc1C[NH+]1CC[NH+](CN2C(=O)NC3(CCCCC3)C2=O)CC1. The van der Waals surface area contributed by atoms with Gasteiger partial charge in [-0.1, -0.05) is 30.9 Å². The van der Waals surface area contributed by atoms with Gasteiger partial charge in [0, 0.05) is 5.56 Å². The minimum atomic E-state index is -0.608. The smallest absolute Gasteiger partial charge is 0.329 e. The first kappa shape index (κ1) is 20.2. The minimum absolute atomic E-state index is 0.00831. The van der Waals surface area contributed by atoms with Gasteiger partial charge in [-0.3, -0.25) is 4.79 Å². The summed E-state index contributed by atoms with van der Waals surface area (Å²) in [7, 11) is 1.72. The Morgan fingerprint density at radius 2 is 1.76 bits per heavy atom. The second-order valence-electron chi connectivity index (χ2n) is 8.96. The number of nitrogens with zero attached hydrogens (tertiary/aromatic N) is 1. The largest absolute Gasteiger partial charge is 0.496 e. The average Bonchev–Trinajstić information content (AvgIpc) is 2.94. The molecule has 0 aromatic heterocycles. The highest BCUT2D eigenvalue weighted by atomic mass is 16.5. The quantitative estimate of drug-likeness (QED) is 0.582. The van der Waals surface area contributed by atoms with Gasteiger partial charge < -0.3 is 19.9 Å². The van der Waals surface area contributed by atoms with E-state index in [2.05, 4.69) is 24.4 Å². The van der Waals surface area contributed by atoms with Gasteiger partial charge in [0.25, 0.3) is 5.91 Å². The molecule has 1 saturated carbocycles. The number of methoxy groups -OCH3 is 1. The van der Waals surface area contributed by atoms with Crippen LogP contribution in [0.5, 0.6) is 5.75 Å². The van der Waals surface area contributed by atoms with Gasteiger partial charge in [-0.05, 0) is 31.9 Å². The van der Waals surface area contributed by atoms with Crippen LogP contribution in [0.2, 0.25) is 0 Å². The first-order valence-electron chi connectivity index (χ1n) is 11.0. The van der Waals surface area contributed by atoms with E-state index in [9.17, 15) is 9.59 Å². The zero-order valence-corrected chi connectivity index (χ0v) is 17.7. The lowest BCUT2D eigenvalue weighted by molar-refractivity contribution is -1.02. The van der Waals surface area contributed by atoms with Crippen molar-refractivity contribution in [3.05, 3.63) is 29.3 Å². The summed E-state index contributed by atoms with van der Waals surface area (Å²) < 4.78 is 5.52. The molecule has 3 fully saturated rings. The average molecular weight is 403 g/mol. The lowest BCUT2D eigenvalue weighted by atomic mass is 9.82. The van der Waals surface area contributed by atoms with E-state index < -0.39 is 5.54 Å². The van der Waals surface area contributed by atoms with Gasteiger partial charge in [-0.2, -0.15) is 0 Å². The molecule has 1 aliphatic carbocycles. The van der Waals surface area contributed by atoms with Crippen LogP contribution in [0.3, 0.4) is 0 Å². The number of carbonyl (C=O) groups excluding carboxylic acids is 2. The van der Waals surface area contributed by atoms with E-state index in [-0.39, 0.29) is 11.9 Å². The molecule has 1 aromatic rings. The normalized spacial score (nSPS) is 26.6. The number of imide groups is 1. The predicted octanol–water partition coefficient (Wildman–Crippen LogP) is -0.501. The molecule has 0 bridgehead atoms. The molecule has 3 aliphatic rings. The maximum atomic E-state index is 13.0. The lowest BCUT2D eigenvalue weighted by Gasteiger charge is -2.32. The lowest BCUT2D eigenvalue weighted by Crippen LogP contribution is -3.28. The van der Waals surface area contributed by atoms with E-state index in [0.717, 1.165) is 70.6 Å². The van der Waals surface area contributed by atoms with Gasteiger partial charge in [-0.15, -0.1) is 0 Å². The van der Waals surface area contributed by atoms with Crippen molar-refractivity contribution in [2.24, 2.45) is 0 Å². The Labute approximate surface area is 173 Å². The van der Waals surface area contributed by atoms with Crippen molar-refractivity contribution >= 4 is 11.9 Å². The molecule has 2 aliphatic heterocycles. The Morgan fingerprint density at radius 3 is 2.45 bits per heavy atom. The van der Waals surface area contributed by atoms with Crippen LogP contribution in [0.25, 0.3) is 0 Å². The van der Waals surface area contributed by atoms with Crippen LogP contribution in [0.4, 0.5) is 4.79 Å². The zero-order valence-electron chi connectivity index (χ0n) is 17.7. The van der Waals surface area contributed by atoms with Crippen molar-refractivity contribution in [1.29, 1.82) is 0 Å². The molecule has 3 amide bonds. The molecular weight excluding hydrogens is 368 g/mol. The predicted molar refractivity (Wildman–Crippen MR) is 109 cm³/mol. The van der Waals surface area contributed by atoms with Crippen LogP contribution in [0, 0.1) is 6.92 Å². The standard InChI is InChI=1S/C22H32N4O3/c1-17-6-7-19(29-2)18(14-17)15-24-10-12-25(13-11-24)16-26-20(27)22(23-21(26)28)8-4-3-5-9-22/h6-7,14H,3-5,8-13,15-16H2,1-2H3,(H,23,28)/p+2. The number of urea groups is 1. The van der Waals surface area contributed by atoms with Gasteiger partial charge in [0.1, 0.15) is 44.0 Å². The molecule has 0 unspecified atom stereocenters. The molecule has 3 N–H and O–H groups in total. The number of ether oxygens (including phenoxy) is 1. The van der Waals surface area contributed by atoms with Gasteiger partial charge in [0.05, 0.1) is 7.11 Å². The Bertz CT molecular complexity index is 767. The summed E-state index contributed by atoms with van der Waals surface area (Å²) in [6, 6.07) is 6.15. The third-order valence-corrected chi connectivity index (χ3v) is 6.88. The summed E-state index contributed by atoms with van der Waals surface area (Å²) in [4.78, 5) is 29.8. The highest BCUT2D eigenvalue weighted by Gasteiger charge is 2.52. The Kier molecular flexibility index (Phi) is 5.79. The van der Waals surface area contributed by atoms with E-state index in [4.69, 9.17) is 4.74 Å². The number of piperazine rings is 1. The van der Waals surface area contributed by atoms with Crippen molar-refractivity contribution in [2.45, 2.75) is 51.1 Å². The van der Waals surface area contributed by atoms with Crippen molar-refractivity contribution in [2.75, 3.05) is 40.0 Å². The summed E-state index contributed by atoms with van der Waals surface area (Å²) in [6.45, 7) is 7.54. The number of hydrogen-bond donors (Lipinski definition) is 3. The van der Waals surface area contributed by atoms with Crippen LogP contribution >= 0.6 is 0 Å². The fraction of sp³-hybridized carbons (Fsp3) is 0.636. The summed E-state index contributed by atoms with van der Waals surface area (Å²) in [5, 5.41) is 3.02. The molecule has 1 spiro atoms. The van der Waals surface area contributed by atoms with Crippen molar-refractivity contribution < 1.29 is 24.1 Å². The van der Waals surface area contributed by atoms with E-state index in [1.807, 2.05) is 6.07 Å². The number of rotatable bonds is 5. The second-order valence-corrected chi connectivity index (χ2v) is 8.96. The Balaban J connectivity index is 1.32.